The van der Waals surface area contributed by atoms with Gasteiger partial charge in [-0.15, -0.1) is 36.2 Å². The Bertz CT molecular complexity index is 464. The van der Waals surface area contributed by atoms with E-state index in [1.54, 1.807) is 0 Å². The summed E-state index contributed by atoms with van der Waals surface area (Å²) in [5.41, 5.74) is 5.48. The molecule has 25 heavy (non-hydrogen) atoms. The van der Waals surface area contributed by atoms with Crippen molar-refractivity contribution in [2.24, 2.45) is 17.1 Å². The van der Waals surface area contributed by atoms with E-state index in [9.17, 15) is 4.79 Å². The maximum Gasteiger partial charge on any atom is 0.227 e. The predicted octanol–water partition coefficient (Wildman–Crippen LogP) is 3.69. The molecule has 1 aromatic heterocycles. The van der Waals surface area contributed by atoms with Crippen LogP contribution in [0.2, 0.25) is 0 Å². The summed E-state index contributed by atoms with van der Waals surface area (Å²) < 4.78 is 0. The summed E-state index contributed by atoms with van der Waals surface area (Å²) in [6.07, 6.45) is 3.95. The minimum absolute atomic E-state index is 0. The Morgan fingerprint density at radius 2 is 1.96 bits per heavy atom. The Kier molecular flexibility index (Phi) is 12.0. The second kappa shape index (κ2) is 12.1. The maximum absolute atomic E-state index is 12.5. The van der Waals surface area contributed by atoms with E-state index in [1.807, 2.05) is 11.3 Å². The zero-order valence-corrected chi connectivity index (χ0v) is 17.8. The number of hydrogen-bond donors (Lipinski definition) is 2. The number of hydrogen-bond acceptors (Lipinski definition) is 4. The summed E-state index contributed by atoms with van der Waals surface area (Å²) in [7, 11) is 0. The van der Waals surface area contributed by atoms with Crippen LogP contribution in [0, 0.1) is 11.3 Å². The van der Waals surface area contributed by atoms with E-state index in [0.29, 0.717) is 12.5 Å². The van der Waals surface area contributed by atoms with Gasteiger partial charge in [-0.3, -0.25) is 9.69 Å². The largest absolute Gasteiger partial charge is 0.355 e. The van der Waals surface area contributed by atoms with Crippen molar-refractivity contribution < 1.29 is 4.79 Å². The first kappa shape index (κ1) is 24.7. The lowest BCUT2D eigenvalue weighted by Gasteiger charge is -2.33. The second-order valence-electron chi connectivity index (χ2n) is 6.70. The van der Waals surface area contributed by atoms with Crippen molar-refractivity contribution in [1.29, 1.82) is 0 Å². The number of nitrogens with zero attached hydrogens (tertiary/aromatic N) is 1. The van der Waals surface area contributed by atoms with Crippen molar-refractivity contribution in [3.05, 3.63) is 22.4 Å². The Balaban J connectivity index is 0.00000288. The van der Waals surface area contributed by atoms with Gasteiger partial charge in [0.2, 0.25) is 5.91 Å². The van der Waals surface area contributed by atoms with Crippen molar-refractivity contribution >= 4 is 42.1 Å². The fourth-order valence-electron chi connectivity index (χ4n) is 3.35. The lowest BCUT2D eigenvalue weighted by atomic mass is 9.81. The van der Waals surface area contributed by atoms with Gasteiger partial charge in [0.05, 0.1) is 5.41 Å². The highest BCUT2D eigenvalue weighted by Gasteiger charge is 2.33. The van der Waals surface area contributed by atoms with Gasteiger partial charge in [-0.25, -0.2) is 0 Å². The summed E-state index contributed by atoms with van der Waals surface area (Å²) in [5, 5.41) is 5.31. The number of carbonyl (C=O) groups excluding carboxylic acids is 1. The fourth-order valence-corrected chi connectivity index (χ4v) is 4.09. The highest BCUT2D eigenvalue weighted by atomic mass is 35.5. The maximum atomic E-state index is 12.5. The zero-order valence-electron chi connectivity index (χ0n) is 15.3. The quantitative estimate of drug-likeness (QED) is 0.687. The molecule has 1 aromatic rings. The Hall–Kier alpha value is -0.330. The summed E-state index contributed by atoms with van der Waals surface area (Å²) in [5.74, 6) is 0.744. The average molecular weight is 410 g/mol. The molecule has 1 aliphatic heterocycles. The molecule has 146 valence electrons. The van der Waals surface area contributed by atoms with Gasteiger partial charge < -0.3 is 11.1 Å². The molecule has 0 aliphatic carbocycles. The number of piperidine rings is 1. The number of likely N-dealkylation sites (tertiary alicyclic amines) is 1. The minimum atomic E-state index is -0.375. The van der Waals surface area contributed by atoms with Crippen LogP contribution in [-0.4, -0.2) is 37.0 Å². The number of rotatable bonds is 8. The van der Waals surface area contributed by atoms with E-state index in [-0.39, 0.29) is 36.1 Å². The summed E-state index contributed by atoms with van der Waals surface area (Å²) in [6, 6.07) is 4.33. The molecular formula is C18H33Cl2N3OS. The lowest BCUT2D eigenvalue weighted by Crippen LogP contribution is -2.47. The molecule has 0 atom stereocenters. The van der Waals surface area contributed by atoms with E-state index >= 15 is 0 Å². The number of halogens is 2. The molecule has 7 heteroatoms. The summed E-state index contributed by atoms with van der Waals surface area (Å²) >= 11 is 1.83. The van der Waals surface area contributed by atoms with Crippen molar-refractivity contribution in [3.8, 4) is 0 Å². The van der Waals surface area contributed by atoms with Crippen molar-refractivity contribution in [1.82, 2.24) is 10.2 Å². The third-order valence-electron chi connectivity index (χ3n) is 5.44. The molecular weight excluding hydrogens is 377 g/mol. The molecule has 0 spiro atoms. The molecule has 1 amide bonds. The van der Waals surface area contributed by atoms with Gasteiger partial charge in [-0.2, -0.15) is 0 Å². The van der Waals surface area contributed by atoms with Gasteiger partial charge in [0.15, 0.2) is 0 Å². The highest BCUT2D eigenvalue weighted by molar-refractivity contribution is 7.09. The van der Waals surface area contributed by atoms with E-state index < -0.39 is 0 Å². The third kappa shape index (κ3) is 6.72. The van der Waals surface area contributed by atoms with Crippen LogP contribution < -0.4 is 11.1 Å². The molecule has 3 N–H and O–H groups in total. The van der Waals surface area contributed by atoms with E-state index in [0.717, 1.165) is 39.0 Å². The van der Waals surface area contributed by atoms with Crippen molar-refractivity contribution in [2.45, 2.75) is 46.1 Å². The zero-order chi connectivity index (χ0) is 16.7. The van der Waals surface area contributed by atoms with Crippen LogP contribution in [0.15, 0.2) is 17.5 Å². The first-order valence-electron chi connectivity index (χ1n) is 8.86. The molecule has 1 aliphatic rings. The molecule has 0 radical (unpaired) electrons. The Morgan fingerprint density at radius 3 is 2.44 bits per heavy atom. The predicted molar refractivity (Wildman–Crippen MR) is 112 cm³/mol. The van der Waals surface area contributed by atoms with Gasteiger partial charge in [0.25, 0.3) is 0 Å². The van der Waals surface area contributed by atoms with Crippen molar-refractivity contribution in [3.63, 3.8) is 0 Å². The van der Waals surface area contributed by atoms with Gasteiger partial charge in [0.1, 0.15) is 0 Å². The SMILES string of the molecule is CCC(CC)(CN)C(=O)NCC1CCN(Cc2cccs2)CC1.Cl.Cl. The van der Waals surface area contributed by atoms with Gasteiger partial charge >= 0.3 is 0 Å². The number of nitrogens with two attached hydrogens (primary N) is 1. The van der Waals surface area contributed by atoms with E-state index in [2.05, 4.69) is 41.6 Å². The number of carbonyl (C=O) groups is 1. The summed E-state index contributed by atoms with van der Waals surface area (Å²) in [4.78, 5) is 16.4. The molecule has 2 rings (SSSR count). The lowest BCUT2D eigenvalue weighted by molar-refractivity contribution is -0.131. The number of amides is 1. The molecule has 0 unspecified atom stereocenters. The molecule has 4 nitrogen and oxygen atoms in total. The van der Waals surface area contributed by atoms with Gasteiger partial charge in [-0.05, 0) is 56.1 Å². The molecule has 0 bridgehead atoms. The highest BCUT2D eigenvalue weighted by Crippen LogP contribution is 2.26. The molecule has 1 saturated heterocycles. The van der Waals surface area contributed by atoms with E-state index in [4.69, 9.17) is 5.73 Å². The van der Waals surface area contributed by atoms with Crippen LogP contribution >= 0.6 is 36.2 Å². The van der Waals surface area contributed by atoms with Crippen LogP contribution in [0.3, 0.4) is 0 Å². The normalized spacial score (nSPS) is 16.0. The molecule has 1 fully saturated rings. The second-order valence-corrected chi connectivity index (χ2v) is 7.73. The number of nitrogens with one attached hydrogen (secondary N) is 1. The van der Waals surface area contributed by atoms with Crippen LogP contribution in [-0.2, 0) is 11.3 Å². The monoisotopic (exact) mass is 409 g/mol. The minimum Gasteiger partial charge on any atom is -0.355 e. The first-order valence-corrected chi connectivity index (χ1v) is 9.74. The summed E-state index contributed by atoms with van der Waals surface area (Å²) in [6.45, 7) is 8.67. The third-order valence-corrected chi connectivity index (χ3v) is 6.31. The Morgan fingerprint density at radius 1 is 1.32 bits per heavy atom. The smallest absolute Gasteiger partial charge is 0.227 e. The van der Waals surface area contributed by atoms with Gasteiger partial charge in [0, 0.05) is 24.5 Å². The van der Waals surface area contributed by atoms with Crippen molar-refractivity contribution in [2.75, 3.05) is 26.2 Å². The van der Waals surface area contributed by atoms with Crippen LogP contribution in [0.25, 0.3) is 0 Å². The molecule has 0 aromatic carbocycles. The topological polar surface area (TPSA) is 58.4 Å². The fraction of sp³-hybridized carbons (Fsp3) is 0.722. The molecule has 0 saturated carbocycles. The van der Waals surface area contributed by atoms with Crippen LogP contribution in [0.5, 0.6) is 0 Å². The van der Waals surface area contributed by atoms with E-state index in [1.165, 1.54) is 17.7 Å². The van der Waals surface area contributed by atoms with Crippen LogP contribution in [0.1, 0.15) is 44.4 Å². The van der Waals surface area contributed by atoms with Crippen LogP contribution in [0.4, 0.5) is 0 Å². The first-order chi connectivity index (χ1) is 11.1. The Labute approximate surface area is 168 Å². The van der Waals surface area contributed by atoms with Gasteiger partial charge in [-0.1, -0.05) is 19.9 Å². The average Bonchev–Trinajstić information content (AvgIpc) is 3.09. The standard InChI is InChI=1S/C18H31N3OS.2ClH/c1-3-18(4-2,14-19)17(22)20-12-15-7-9-21(10-8-15)13-16-6-5-11-23-16;;/h5-6,11,15H,3-4,7-10,12-14,19H2,1-2H3,(H,20,22);2*1H. The number of thiophene rings is 1. The molecule has 2 heterocycles.